The number of aromatic nitrogens is 1. The highest BCUT2D eigenvalue weighted by molar-refractivity contribution is 7.89. The third-order valence-electron chi connectivity index (χ3n) is 4.60. The SMILES string of the molecule is CC(C)C(=O)OCn1ccc2c(S(=O)(=O)N3CC[C@@H](N)C3)cccc2c1=O. The number of ether oxygens (including phenoxy) is 1. The smallest absolute Gasteiger partial charge is 0.310 e. The van der Waals surface area contributed by atoms with E-state index < -0.39 is 21.6 Å². The molecule has 2 N–H and O–H groups in total. The molecule has 0 amide bonds. The fourth-order valence-electron chi connectivity index (χ4n) is 3.03. The van der Waals surface area contributed by atoms with E-state index >= 15 is 0 Å². The Kier molecular flexibility index (Phi) is 5.36. The lowest BCUT2D eigenvalue weighted by Crippen LogP contribution is -2.32. The first-order valence-electron chi connectivity index (χ1n) is 8.76. The number of pyridine rings is 1. The van der Waals surface area contributed by atoms with Crippen molar-refractivity contribution < 1.29 is 17.9 Å². The predicted molar refractivity (Wildman–Crippen MR) is 100 cm³/mol. The molecule has 0 bridgehead atoms. The van der Waals surface area contributed by atoms with Gasteiger partial charge >= 0.3 is 5.97 Å². The number of carbonyl (C=O) groups is 1. The van der Waals surface area contributed by atoms with Crippen molar-refractivity contribution in [1.82, 2.24) is 8.87 Å². The number of hydrogen-bond acceptors (Lipinski definition) is 6. The second kappa shape index (κ2) is 7.41. The van der Waals surface area contributed by atoms with Gasteiger partial charge in [0, 0.05) is 36.1 Å². The van der Waals surface area contributed by atoms with Gasteiger partial charge in [-0.3, -0.25) is 14.2 Å². The van der Waals surface area contributed by atoms with E-state index in [-0.39, 0.29) is 35.5 Å². The molecular weight excluding hydrogens is 370 g/mol. The van der Waals surface area contributed by atoms with Crippen LogP contribution in [0.15, 0.2) is 40.2 Å². The van der Waals surface area contributed by atoms with Crippen molar-refractivity contribution in [2.75, 3.05) is 13.1 Å². The Balaban J connectivity index is 1.99. The average molecular weight is 393 g/mol. The van der Waals surface area contributed by atoms with Crippen molar-refractivity contribution >= 4 is 26.8 Å². The second-order valence-electron chi connectivity index (χ2n) is 6.97. The Labute approximate surface area is 157 Å². The lowest BCUT2D eigenvalue weighted by atomic mass is 10.2. The van der Waals surface area contributed by atoms with Crippen LogP contribution in [-0.2, 0) is 26.3 Å². The number of nitrogens with two attached hydrogens (primary N) is 1. The number of nitrogens with zero attached hydrogens (tertiary/aromatic N) is 2. The molecule has 27 heavy (non-hydrogen) atoms. The number of esters is 1. The monoisotopic (exact) mass is 393 g/mol. The Morgan fingerprint density at radius 1 is 1.30 bits per heavy atom. The summed E-state index contributed by atoms with van der Waals surface area (Å²) in [5, 5.41) is 0.595. The number of benzene rings is 1. The average Bonchev–Trinajstić information content (AvgIpc) is 3.07. The minimum atomic E-state index is -3.74. The molecule has 2 aromatic rings. The summed E-state index contributed by atoms with van der Waals surface area (Å²) in [7, 11) is -3.74. The van der Waals surface area contributed by atoms with Gasteiger partial charge in [-0.25, -0.2) is 8.42 Å². The molecular formula is C18H23N3O5S. The zero-order valence-corrected chi connectivity index (χ0v) is 16.1. The van der Waals surface area contributed by atoms with E-state index in [0.717, 1.165) is 0 Å². The highest BCUT2D eigenvalue weighted by atomic mass is 32.2. The summed E-state index contributed by atoms with van der Waals surface area (Å²) >= 11 is 0. The van der Waals surface area contributed by atoms with Gasteiger partial charge < -0.3 is 10.5 Å². The van der Waals surface area contributed by atoms with Gasteiger partial charge in [-0.05, 0) is 24.6 Å². The zero-order chi connectivity index (χ0) is 19.8. The van der Waals surface area contributed by atoms with Crippen molar-refractivity contribution in [3.8, 4) is 0 Å². The molecule has 0 spiro atoms. The third-order valence-corrected chi connectivity index (χ3v) is 6.52. The number of hydrogen-bond donors (Lipinski definition) is 1. The molecule has 2 heterocycles. The van der Waals surface area contributed by atoms with Crippen LogP contribution in [0.3, 0.4) is 0 Å². The number of sulfonamides is 1. The Morgan fingerprint density at radius 3 is 2.67 bits per heavy atom. The quantitative estimate of drug-likeness (QED) is 0.755. The van der Waals surface area contributed by atoms with Crippen LogP contribution in [0.5, 0.6) is 0 Å². The van der Waals surface area contributed by atoms with Crippen molar-refractivity contribution in [3.05, 3.63) is 40.8 Å². The Morgan fingerprint density at radius 2 is 2.04 bits per heavy atom. The molecule has 0 unspecified atom stereocenters. The van der Waals surface area contributed by atoms with Gasteiger partial charge in [0.2, 0.25) is 10.0 Å². The molecule has 0 radical (unpaired) electrons. The predicted octanol–water partition coefficient (Wildman–Crippen LogP) is 0.880. The molecule has 1 saturated heterocycles. The van der Waals surface area contributed by atoms with Crippen LogP contribution in [0, 0.1) is 5.92 Å². The molecule has 146 valence electrons. The van der Waals surface area contributed by atoms with Crippen LogP contribution in [-0.4, -0.2) is 42.4 Å². The van der Waals surface area contributed by atoms with E-state index in [1.54, 1.807) is 26.0 Å². The van der Waals surface area contributed by atoms with Crippen LogP contribution < -0.4 is 11.3 Å². The van der Waals surface area contributed by atoms with E-state index in [1.807, 2.05) is 0 Å². The normalized spacial score (nSPS) is 18.3. The van der Waals surface area contributed by atoms with Crippen molar-refractivity contribution in [2.45, 2.75) is 37.9 Å². The summed E-state index contributed by atoms with van der Waals surface area (Å²) in [4.78, 5) is 24.4. The molecule has 0 saturated carbocycles. The van der Waals surface area contributed by atoms with Crippen LogP contribution in [0.1, 0.15) is 20.3 Å². The summed E-state index contributed by atoms with van der Waals surface area (Å²) in [6, 6.07) is 5.97. The standard InChI is InChI=1S/C18H23N3O5S/c1-12(2)18(23)26-11-20-8-7-14-15(17(20)22)4-3-5-16(14)27(24,25)21-9-6-13(19)10-21/h3-5,7-8,12-13H,6,9-11,19H2,1-2H3/t13-/m1/s1. The van der Waals surface area contributed by atoms with Gasteiger partial charge in [0.1, 0.15) is 0 Å². The van der Waals surface area contributed by atoms with Gasteiger partial charge in [-0.1, -0.05) is 19.9 Å². The third kappa shape index (κ3) is 3.76. The minimum absolute atomic E-state index is 0.0810. The Bertz CT molecular complexity index is 1030. The summed E-state index contributed by atoms with van der Waals surface area (Å²) in [5.41, 5.74) is 5.42. The maximum atomic E-state index is 13.0. The lowest BCUT2D eigenvalue weighted by Gasteiger charge is -2.17. The molecule has 1 aliphatic heterocycles. The topological polar surface area (TPSA) is 112 Å². The van der Waals surface area contributed by atoms with Gasteiger partial charge in [0.15, 0.2) is 6.73 Å². The Hall–Kier alpha value is -2.23. The van der Waals surface area contributed by atoms with Crippen LogP contribution >= 0.6 is 0 Å². The molecule has 8 nitrogen and oxygen atoms in total. The van der Waals surface area contributed by atoms with E-state index in [2.05, 4.69) is 0 Å². The fourth-order valence-corrected chi connectivity index (χ4v) is 4.75. The molecule has 0 aliphatic carbocycles. The summed E-state index contributed by atoms with van der Waals surface area (Å²) in [5.74, 6) is -0.714. The van der Waals surface area contributed by atoms with Crippen LogP contribution in [0.25, 0.3) is 10.8 Å². The van der Waals surface area contributed by atoms with Crippen LogP contribution in [0.2, 0.25) is 0 Å². The van der Waals surface area contributed by atoms with Gasteiger partial charge in [0.05, 0.1) is 10.8 Å². The van der Waals surface area contributed by atoms with Crippen molar-refractivity contribution in [1.29, 1.82) is 0 Å². The minimum Gasteiger partial charge on any atom is -0.444 e. The van der Waals surface area contributed by atoms with Crippen LogP contribution in [0.4, 0.5) is 0 Å². The van der Waals surface area contributed by atoms with E-state index in [1.165, 1.54) is 27.2 Å². The highest BCUT2D eigenvalue weighted by Gasteiger charge is 2.32. The maximum Gasteiger partial charge on any atom is 0.310 e. The molecule has 1 aromatic heterocycles. The van der Waals surface area contributed by atoms with Crippen molar-refractivity contribution in [3.63, 3.8) is 0 Å². The molecule has 9 heteroatoms. The largest absolute Gasteiger partial charge is 0.444 e. The summed E-state index contributed by atoms with van der Waals surface area (Å²) < 4.78 is 33.6. The molecule has 1 atom stereocenters. The van der Waals surface area contributed by atoms with E-state index in [4.69, 9.17) is 10.5 Å². The van der Waals surface area contributed by atoms with Gasteiger partial charge in [-0.15, -0.1) is 0 Å². The number of rotatable bonds is 5. The first-order chi connectivity index (χ1) is 12.7. The summed E-state index contributed by atoms with van der Waals surface area (Å²) in [6.07, 6.45) is 2.05. The zero-order valence-electron chi connectivity index (χ0n) is 15.3. The highest BCUT2D eigenvalue weighted by Crippen LogP contribution is 2.26. The maximum absolute atomic E-state index is 13.0. The second-order valence-corrected chi connectivity index (χ2v) is 8.87. The summed E-state index contributed by atoms with van der Waals surface area (Å²) in [6.45, 7) is 3.81. The first-order valence-corrected chi connectivity index (χ1v) is 10.2. The molecule has 1 fully saturated rings. The van der Waals surface area contributed by atoms with Crippen molar-refractivity contribution in [2.24, 2.45) is 11.7 Å². The lowest BCUT2D eigenvalue weighted by molar-refractivity contribution is -0.151. The molecule has 3 rings (SSSR count). The van der Waals surface area contributed by atoms with Gasteiger partial charge in [0.25, 0.3) is 5.56 Å². The number of carbonyl (C=O) groups excluding carboxylic acids is 1. The first kappa shape index (κ1) is 19.5. The van der Waals surface area contributed by atoms with Gasteiger partial charge in [-0.2, -0.15) is 4.31 Å². The molecule has 1 aromatic carbocycles. The van der Waals surface area contributed by atoms with E-state index in [9.17, 15) is 18.0 Å². The fraction of sp³-hybridized carbons (Fsp3) is 0.444. The van der Waals surface area contributed by atoms with E-state index in [0.29, 0.717) is 18.4 Å². The molecule has 1 aliphatic rings. The number of fused-ring (bicyclic) bond motifs is 1.